The number of carbonyl (C=O) groups is 2. The predicted octanol–water partition coefficient (Wildman–Crippen LogP) is 0.848. The van der Waals surface area contributed by atoms with E-state index in [1.165, 1.54) is 11.9 Å². The van der Waals surface area contributed by atoms with Gasteiger partial charge in [-0.3, -0.25) is 9.59 Å². The Labute approximate surface area is 117 Å². The van der Waals surface area contributed by atoms with Gasteiger partial charge in [-0.25, -0.2) is 0 Å². The van der Waals surface area contributed by atoms with Gasteiger partial charge in [0, 0.05) is 7.05 Å². The molecule has 1 aromatic rings. The van der Waals surface area contributed by atoms with Crippen molar-refractivity contribution >= 4 is 11.9 Å². The Morgan fingerprint density at radius 2 is 2.05 bits per heavy atom. The molecule has 1 aliphatic heterocycles. The largest absolute Gasteiger partial charge is 0.485 e. The molecule has 20 heavy (non-hydrogen) atoms. The Morgan fingerprint density at radius 1 is 1.35 bits per heavy atom. The minimum atomic E-state index is -0.746. The Hall–Kier alpha value is -2.24. The third-order valence-corrected chi connectivity index (χ3v) is 2.83. The zero-order valence-corrected chi connectivity index (χ0v) is 11.5. The molecule has 1 amide bonds. The molecule has 1 aliphatic rings. The lowest BCUT2D eigenvalue weighted by Gasteiger charge is -2.28. The van der Waals surface area contributed by atoms with Gasteiger partial charge in [0.1, 0.15) is 13.2 Å². The second-order valence-corrected chi connectivity index (χ2v) is 4.36. The smallest absolute Gasteiger partial charge is 0.325 e. The molecule has 0 spiro atoms. The Balaban J connectivity index is 1.95. The average molecular weight is 279 g/mol. The van der Waals surface area contributed by atoms with Crippen molar-refractivity contribution in [3.05, 3.63) is 24.3 Å². The van der Waals surface area contributed by atoms with Crippen molar-refractivity contribution in [2.75, 3.05) is 26.8 Å². The van der Waals surface area contributed by atoms with Crippen molar-refractivity contribution in [3.8, 4) is 11.5 Å². The number of fused-ring (bicyclic) bond motifs is 1. The average Bonchev–Trinajstić information content (AvgIpc) is 2.46. The summed E-state index contributed by atoms with van der Waals surface area (Å²) in [6.45, 7) is 2.03. The van der Waals surface area contributed by atoms with Crippen LogP contribution in [0.3, 0.4) is 0 Å². The van der Waals surface area contributed by atoms with Gasteiger partial charge < -0.3 is 19.1 Å². The lowest BCUT2D eigenvalue weighted by molar-refractivity contribution is -0.151. The molecule has 0 bridgehead atoms. The zero-order chi connectivity index (χ0) is 14.5. The third-order valence-electron chi connectivity index (χ3n) is 2.83. The summed E-state index contributed by atoms with van der Waals surface area (Å²) in [5, 5.41) is 0. The predicted molar refractivity (Wildman–Crippen MR) is 70.6 cm³/mol. The first-order valence-corrected chi connectivity index (χ1v) is 6.41. The number of nitrogens with zero attached hydrogens (tertiary/aromatic N) is 1. The number of hydrogen-bond donors (Lipinski definition) is 0. The number of esters is 1. The van der Waals surface area contributed by atoms with E-state index in [1.54, 1.807) is 25.1 Å². The van der Waals surface area contributed by atoms with Gasteiger partial charge in [-0.15, -0.1) is 0 Å². The van der Waals surface area contributed by atoms with Gasteiger partial charge >= 0.3 is 5.97 Å². The molecule has 0 aromatic heterocycles. The summed E-state index contributed by atoms with van der Waals surface area (Å²) in [5.41, 5.74) is 0. The molecule has 108 valence electrons. The first-order valence-electron chi connectivity index (χ1n) is 6.41. The maximum Gasteiger partial charge on any atom is 0.325 e. The van der Waals surface area contributed by atoms with Crippen LogP contribution in [0.15, 0.2) is 24.3 Å². The van der Waals surface area contributed by atoms with Gasteiger partial charge in [0.15, 0.2) is 11.5 Å². The SMILES string of the molecule is CCOC(=O)CN(C)C(=O)C1COc2ccccc2O1. The van der Waals surface area contributed by atoms with E-state index >= 15 is 0 Å². The lowest BCUT2D eigenvalue weighted by Crippen LogP contribution is -2.46. The van der Waals surface area contributed by atoms with Crippen LogP contribution in [0.4, 0.5) is 0 Å². The second-order valence-electron chi connectivity index (χ2n) is 4.36. The van der Waals surface area contributed by atoms with Gasteiger partial charge in [-0.05, 0) is 19.1 Å². The van der Waals surface area contributed by atoms with Crippen LogP contribution in [0.5, 0.6) is 11.5 Å². The van der Waals surface area contributed by atoms with Crippen LogP contribution < -0.4 is 9.47 Å². The fraction of sp³-hybridized carbons (Fsp3) is 0.429. The monoisotopic (exact) mass is 279 g/mol. The minimum Gasteiger partial charge on any atom is -0.485 e. The van der Waals surface area contributed by atoms with Crippen LogP contribution in [-0.4, -0.2) is 49.7 Å². The number of ether oxygens (including phenoxy) is 3. The van der Waals surface area contributed by atoms with E-state index in [0.717, 1.165) is 0 Å². The number of carbonyl (C=O) groups excluding carboxylic acids is 2. The van der Waals surface area contributed by atoms with Gasteiger partial charge in [0.25, 0.3) is 5.91 Å². The number of para-hydroxylation sites is 2. The molecular formula is C14H17NO5. The van der Waals surface area contributed by atoms with Crippen molar-refractivity contribution in [3.63, 3.8) is 0 Å². The quantitative estimate of drug-likeness (QED) is 0.764. The van der Waals surface area contributed by atoms with Gasteiger partial charge in [0.2, 0.25) is 6.10 Å². The number of benzene rings is 1. The van der Waals surface area contributed by atoms with Crippen molar-refractivity contribution < 1.29 is 23.8 Å². The Bertz CT molecular complexity index is 502. The first-order chi connectivity index (χ1) is 9.61. The molecule has 0 fully saturated rings. The summed E-state index contributed by atoms with van der Waals surface area (Å²) >= 11 is 0. The maximum absolute atomic E-state index is 12.2. The van der Waals surface area contributed by atoms with Gasteiger partial charge in [0.05, 0.1) is 6.61 Å². The normalized spacial score (nSPS) is 16.4. The van der Waals surface area contributed by atoms with E-state index < -0.39 is 12.1 Å². The molecule has 1 unspecified atom stereocenters. The topological polar surface area (TPSA) is 65.1 Å². The van der Waals surface area contributed by atoms with Gasteiger partial charge in [-0.2, -0.15) is 0 Å². The number of hydrogen-bond acceptors (Lipinski definition) is 5. The summed E-state index contributed by atoms with van der Waals surface area (Å²) in [5.74, 6) is 0.388. The van der Waals surface area contributed by atoms with Gasteiger partial charge in [-0.1, -0.05) is 12.1 Å². The molecule has 0 saturated carbocycles. The van der Waals surface area contributed by atoms with Crippen molar-refractivity contribution in [2.45, 2.75) is 13.0 Å². The van der Waals surface area contributed by atoms with Crippen LogP contribution in [-0.2, 0) is 14.3 Å². The molecule has 1 atom stereocenters. The number of rotatable bonds is 4. The molecule has 2 rings (SSSR count). The standard InChI is InChI=1S/C14H17NO5/c1-3-18-13(16)8-15(2)14(17)12-9-19-10-6-4-5-7-11(10)20-12/h4-7,12H,3,8-9H2,1-2H3. The highest BCUT2D eigenvalue weighted by atomic mass is 16.6. The molecule has 0 radical (unpaired) electrons. The van der Waals surface area contributed by atoms with E-state index in [1.807, 2.05) is 6.07 Å². The first kappa shape index (κ1) is 14.2. The summed E-state index contributed by atoms with van der Waals surface area (Å²) in [4.78, 5) is 24.8. The third kappa shape index (κ3) is 3.20. The van der Waals surface area contributed by atoms with Crippen LogP contribution in [0.2, 0.25) is 0 Å². The van der Waals surface area contributed by atoms with E-state index in [9.17, 15) is 9.59 Å². The molecule has 6 heteroatoms. The minimum absolute atomic E-state index is 0.103. The Morgan fingerprint density at radius 3 is 2.75 bits per heavy atom. The van der Waals surface area contributed by atoms with Crippen LogP contribution >= 0.6 is 0 Å². The van der Waals surface area contributed by atoms with Crippen molar-refractivity contribution in [2.24, 2.45) is 0 Å². The molecule has 1 heterocycles. The van der Waals surface area contributed by atoms with E-state index in [-0.39, 0.29) is 25.7 Å². The van der Waals surface area contributed by atoms with E-state index in [0.29, 0.717) is 11.5 Å². The summed E-state index contributed by atoms with van der Waals surface area (Å²) in [6, 6.07) is 7.15. The highest BCUT2D eigenvalue weighted by Crippen LogP contribution is 2.31. The highest BCUT2D eigenvalue weighted by molar-refractivity contribution is 5.85. The van der Waals surface area contributed by atoms with Crippen LogP contribution in [0, 0.1) is 0 Å². The second kappa shape index (κ2) is 6.27. The number of likely N-dealkylation sites (N-methyl/N-ethyl adjacent to an activating group) is 1. The maximum atomic E-state index is 12.2. The van der Waals surface area contributed by atoms with Crippen LogP contribution in [0.25, 0.3) is 0 Å². The summed E-state index contributed by atoms with van der Waals surface area (Å²) in [6.07, 6.45) is -0.746. The van der Waals surface area contributed by atoms with Crippen molar-refractivity contribution in [1.29, 1.82) is 0 Å². The molecule has 0 aliphatic carbocycles. The van der Waals surface area contributed by atoms with E-state index in [2.05, 4.69) is 0 Å². The van der Waals surface area contributed by atoms with Crippen LogP contribution in [0.1, 0.15) is 6.92 Å². The summed E-state index contributed by atoms with van der Waals surface area (Å²) in [7, 11) is 1.53. The Kier molecular flexibility index (Phi) is 4.45. The molecule has 6 nitrogen and oxygen atoms in total. The molecule has 1 aromatic carbocycles. The fourth-order valence-electron chi connectivity index (χ4n) is 1.87. The molecule has 0 N–H and O–H groups in total. The summed E-state index contributed by atoms with van der Waals surface area (Å²) < 4.78 is 15.9. The molecular weight excluding hydrogens is 262 g/mol. The zero-order valence-electron chi connectivity index (χ0n) is 11.5. The fourth-order valence-corrected chi connectivity index (χ4v) is 1.87. The lowest BCUT2D eigenvalue weighted by atomic mass is 10.2. The molecule has 0 saturated heterocycles. The highest BCUT2D eigenvalue weighted by Gasteiger charge is 2.30. The number of amides is 1. The van der Waals surface area contributed by atoms with E-state index in [4.69, 9.17) is 14.2 Å². The van der Waals surface area contributed by atoms with Crippen molar-refractivity contribution in [1.82, 2.24) is 4.90 Å².